The van der Waals surface area contributed by atoms with E-state index in [0.717, 1.165) is 37.8 Å². The zero-order valence-corrected chi connectivity index (χ0v) is 15.2. The fourth-order valence-electron chi connectivity index (χ4n) is 2.94. The first-order chi connectivity index (χ1) is 12.8. The molecule has 1 aliphatic rings. The molecule has 0 spiro atoms. The second-order valence-electron chi connectivity index (χ2n) is 7.03. The van der Waals surface area contributed by atoms with Gasteiger partial charge in [-0.3, -0.25) is 4.79 Å². The van der Waals surface area contributed by atoms with Gasteiger partial charge in [-0.05, 0) is 30.9 Å². The molecule has 1 fully saturated rings. The third-order valence-electron chi connectivity index (χ3n) is 5.14. The summed E-state index contributed by atoms with van der Waals surface area (Å²) in [5.74, 6) is 0.309. The van der Waals surface area contributed by atoms with Crippen LogP contribution in [0.2, 0.25) is 0 Å². The van der Waals surface area contributed by atoms with Gasteiger partial charge in [-0.15, -0.1) is 0 Å². The van der Waals surface area contributed by atoms with Gasteiger partial charge in [0.1, 0.15) is 6.04 Å². The first kappa shape index (κ1) is 19.4. The van der Waals surface area contributed by atoms with Crippen LogP contribution in [0.25, 0.3) is 11.4 Å². The Labute approximate surface area is 155 Å². The summed E-state index contributed by atoms with van der Waals surface area (Å²) >= 11 is 0. The van der Waals surface area contributed by atoms with Crippen molar-refractivity contribution in [1.82, 2.24) is 15.5 Å². The first-order valence-electron chi connectivity index (χ1n) is 9.11. The van der Waals surface area contributed by atoms with Gasteiger partial charge in [0.2, 0.25) is 17.6 Å². The molecule has 1 aromatic heterocycles. The highest BCUT2D eigenvalue weighted by Gasteiger charge is 2.33. The maximum Gasteiger partial charge on any atom is 0.416 e. The molecule has 1 heterocycles. The normalized spacial score (nSPS) is 17.2. The monoisotopic (exact) mass is 381 g/mol. The van der Waals surface area contributed by atoms with Crippen molar-refractivity contribution in [2.75, 3.05) is 0 Å². The number of nitrogens with one attached hydrogen (secondary N) is 1. The summed E-state index contributed by atoms with van der Waals surface area (Å²) in [6, 6.07) is 4.31. The molecule has 8 heteroatoms. The van der Waals surface area contributed by atoms with Crippen LogP contribution in [0.3, 0.4) is 0 Å². The Kier molecular flexibility index (Phi) is 5.53. The number of carbonyl (C=O) groups excluding carboxylic acids is 1. The quantitative estimate of drug-likeness (QED) is 0.783. The van der Waals surface area contributed by atoms with Gasteiger partial charge in [0.15, 0.2) is 0 Å². The number of hydrogen-bond acceptors (Lipinski definition) is 4. The van der Waals surface area contributed by atoms with Gasteiger partial charge >= 0.3 is 6.18 Å². The van der Waals surface area contributed by atoms with Gasteiger partial charge in [-0.25, -0.2) is 0 Å². The SMILES string of the molecule is CCC(C)C(NC(=O)C1CCC1)c1nc(-c2cccc(C(F)(F)F)c2)no1. The highest BCUT2D eigenvalue weighted by molar-refractivity contribution is 5.79. The van der Waals surface area contributed by atoms with Gasteiger partial charge in [0, 0.05) is 11.5 Å². The molecular weight excluding hydrogens is 359 g/mol. The Balaban J connectivity index is 1.84. The summed E-state index contributed by atoms with van der Waals surface area (Å²) in [5, 5.41) is 6.80. The number of aromatic nitrogens is 2. The minimum absolute atomic E-state index is 0.0161. The molecule has 0 aliphatic heterocycles. The minimum Gasteiger partial charge on any atom is -0.344 e. The fraction of sp³-hybridized carbons (Fsp3) is 0.526. The molecule has 2 unspecified atom stereocenters. The number of hydrogen-bond donors (Lipinski definition) is 1. The number of nitrogens with zero attached hydrogens (tertiary/aromatic N) is 2. The van der Waals surface area contributed by atoms with Crippen LogP contribution < -0.4 is 5.32 Å². The lowest BCUT2D eigenvalue weighted by molar-refractivity contribution is -0.137. The predicted octanol–water partition coefficient (Wildman–Crippen LogP) is 4.76. The van der Waals surface area contributed by atoms with Gasteiger partial charge < -0.3 is 9.84 Å². The number of amides is 1. The van der Waals surface area contributed by atoms with Crippen LogP contribution in [0.15, 0.2) is 28.8 Å². The molecule has 1 N–H and O–H groups in total. The molecule has 3 rings (SSSR count). The van der Waals surface area contributed by atoms with E-state index in [1.807, 2.05) is 13.8 Å². The topological polar surface area (TPSA) is 68.0 Å². The van der Waals surface area contributed by atoms with Gasteiger partial charge in [0.25, 0.3) is 0 Å². The van der Waals surface area contributed by atoms with Crippen molar-refractivity contribution < 1.29 is 22.5 Å². The average molecular weight is 381 g/mol. The third-order valence-corrected chi connectivity index (χ3v) is 5.14. The standard InChI is InChI=1S/C19H22F3N3O2/c1-3-11(2)15(23-17(26)12-6-4-7-12)18-24-16(25-27-18)13-8-5-9-14(10-13)19(20,21)22/h5,8-12,15H,3-4,6-7H2,1-2H3,(H,23,26). The van der Waals surface area contributed by atoms with E-state index in [4.69, 9.17) is 4.52 Å². The third kappa shape index (κ3) is 4.31. The van der Waals surface area contributed by atoms with Crippen LogP contribution in [0.1, 0.15) is 57.0 Å². The number of alkyl halides is 3. The molecule has 1 aliphatic carbocycles. The second kappa shape index (κ2) is 7.70. The molecule has 2 atom stereocenters. The van der Waals surface area contributed by atoms with Crippen molar-refractivity contribution in [1.29, 1.82) is 0 Å². The molecule has 5 nitrogen and oxygen atoms in total. The van der Waals surface area contributed by atoms with E-state index in [-0.39, 0.29) is 35.0 Å². The molecule has 1 amide bonds. The first-order valence-corrected chi connectivity index (χ1v) is 9.11. The number of benzene rings is 1. The lowest BCUT2D eigenvalue weighted by atomic mass is 9.84. The molecule has 0 saturated heterocycles. The summed E-state index contributed by atoms with van der Waals surface area (Å²) in [7, 11) is 0. The van der Waals surface area contributed by atoms with E-state index in [1.54, 1.807) is 0 Å². The number of carbonyl (C=O) groups is 1. The molecule has 0 bridgehead atoms. The zero-order valence-electron chi connectivity index (χ0n) is 15.2. The summed E-state index contributed by atoms with van der Waals surface area (Å²) in [4.78, 5) is 16.6. The smallest absolute Gasteiger partial charge is 0.344 e. The Bertz CT molecular complexity index is 799. The maximum atomic E-state index is 12.9. The minimum atomic E-state index is -4.45. The van der Waals surface area contributed by atoms with Crippen LogP contribution in [0.4, 0.5) is 13.2 Å². The lowest BCUT2D eigenvalue weighted by Gasteiger charge is -2.28. The van der Waals surface area contributed by atoms with Gasteiger partial charge in [-0.1, -0.05) is 44.0 Å². The molecule has 1 aromatic carbocycles. The molecule has 0 radical (unpaired) electrons. The molecule has 146 valence electrons. The maximum absolute atomic E-state index is 12.9. The van der Waals surface area contributed by atoms with Crippen LogP contribution in [-0.2, 0) is 11.0 Å². The van der Waals surface area contributed by atoms with Crippen molar-refractivity contribution in [3.05, 3.63) is 35.7 Å². The number of rotatable bonds is 6. The van der Waals surface area contributed by atoms with Crippen molar-refractivity contribution in [2.45, 2.75) is 51.7 Å². The Hall–Kier alpha value is -2.38. The van der Waals surface area contributed by atoms with Crippen molar-refractivity contribution in [3.63, 3.8) is 0 Å². The van der Waals surface area contributed by atoms with E-state index in [1.165, 1.54) is 12.1 Å². The van der Waals surface area contributed by atoms with Crippen molar-refractivity contribution >= 4 is 5.91 Å². The Morgan fingerprint density at radius 2 is 2.11 bits per heavy atom. The second-order valence-corrected chi connectivity index (χ2v) is 7.03. The van der Waals surface area contributed by atoms with Crippen LogP contribution in [0, 0.1) is 11.8 Å². The van der Waals surface area contributed by atoms with Crippen LogP contribution in [-0.4, -0.2) is 16.0 Å². The van der Waals surface area contributed by atoms with E-state index >= 15 is 0 Å². The van der Waals surface area contributed by atoms with Crippen molar-refractivity contribution in [3.8, 4) is 11.4 Å². The molecule has 27 heavy (non-hydrogen) atoms. The molecule has 2 aromatic rings. The average Bonchev–Trinajstić information content (AvgIpc) is 3.06. The molecule has 1 saturated carbocycles. The van der Waals surface area contributed by atoms with Crippen LogP contribution >= 0.6 is 0 Å². The largest absolute Gasteiger partial charge is 0.416 e. The van der Waals surface area contributed by atoms with E-state index in [0.29, 0.717) is 0 Å². The van der Waals surface area contributed by atoms with E-state index in [9.17, 15) is 18.0 Å². The molecular formula is C19H22F3N3O2. The fourth-order valence-corrected chi connectivity index (χ4v) is 2.94. The summed E-state index contributed by atoms with van der Waals surface area (Å²) < 4.78 is 44.1. The van der Waals surface area contributed by atoms with E-state index < -0.39 is 17.8 Å². The summed E-state index contributed by atoms with van der Waals surface area (Å²) in [6.45, 7) is 3.94. The summed E-state index contributed by atoms with van der Waals surface area (Å²) in [6.07, 6.45) is -0.876. The van der Waals surface area contributed by atoms with Gasteiger partial charge in [-0.2, -0.15) is 18.2 Å². The predicted molar refractivity (Wildman–Crippen MR) is 92.4 cm³/mol. The lowest BCUT2D eigenvalue weighted by Crippen LogP contribution is -2.39. The highest BCUT2D eigenvalue weighted by atomic mass is 19.4. The van der Waals surface area contributed by atoms with Gasteiger partial charge in [0.05, 0.1) is 5.56 Å². The summed E-state index contributed by atoms with van der Waals surface area (Å²) in [5.41, 5.74) is -0.559. The Morgan fingerprint density at radius 3 is 2.70 bits per heavy atom. The zero-order chi connectivity index (χ0) is 19.6. The Morgan fingerprint density at radius 1 is 1.37 bits per heavy atom. The van der Waals surface area contributed by atoms with E-state index in [2.05, 4.69) is 15.5 Å². The van der Waals surface area contributed by atoms with Crippen molar-refractivity contribution in [2.24, 2.45) is 11.8 Å². The van der Waals surface area contributed by atoms with Crippen LogP contribution in [0.5, 0.6) is 0 Å². The highest BCUT2D eigenvalue weighted by Crippen LogP contribution is 2.33. The number of halogens is 3.